The molecule has 2 rings (SSSR count). The van der Waals surface area contributed by atoms with Crippen molar-refractivity contribution in [1.29, 1.82) is 0 Å². The summed E-state index contributed by atoms with van der Waals surface area (Å²) in [6.45, 7) is 1.87. The Morgan fingerprint density at radius 2 is 2.38 bits per heavy atom. The number of aromatic nitrogens is 3. The molecule has 0 aliphatic carbocycles. The number of nitrogens with zero attached hydrogens (tertiary/aromatic N) is 2. The largest absolute Gasteiger partial charge is 0.300 e. The van der Waals surface area contributed by atoms with Gasteiger partial charge < -0.3 is 0 Å². The Bertz CT molecular complexity index is 466. The van der Waals surface area contributed by atoms with Crippen molar-refractivity contribution < 1.29 is 0 Å². The number of hydrogen-bond acceptors (Lipinski definition) is 3. The minimum atomic E-state index is -0.0209. The molecule has 1 N–H and O–H groups in total. The van der Waals surface area contributed by atoms with Gasteiger partial charge in [-0.05, 0) is 6.92 Å². The Hall–Kier alpha value is -1.36. The van der Waals surface area contributed by atoms with Crippen LogP contribution in [0.5, 0.6) is 0 Å². The molecule has 0 fully saturated rings. The summed E-state index contributed by atoms with van der Waals surface area (Å²) in [4.78, 5) is 15.7. The Kier molecular flexibility index (Phi) is 1.81. The molecule has 4 nitrogen and oxygen atoms in total. The minimum Gasteiger partial charge on any atom is -0.300 e. The monoisotopic (exact) mass is 195 g/mol. The fraction of sp³-hybridized carbons (Fsp3) is 0.250. The molecular weight excluding hydrogens is 186 g/mol. The SMILES string of the molecule is Cc1[nH]n(C)c(=O)c1-c1nccs1. The van der Waals surface area contributed by atoms with Gasteiger partial charge in [0.15, 0.2) is 0 Å². The third-order valence-electron chi connectivity index (χ3n) is 1.88. The summed E-state index contributed by atoms with van der Waals surface area (Å²) >= 11 is 1.47. The Balaban J connectivity index is 2.71. The molecule has 0 bridgehead atoms. The third kappa shape index (κ3) is 1.21. The van der Waals surface area contributed by atoms with Crippen LogP contribution < -0.4 is 5.56 Å². The number of H-pyrrole nitrogens is 1. The van der Waals surface area contributed by atoms with Gasteiger partial charge in [0.1, 0.15) is 5.01 Å². The van der Waals surface area contributed by atoms with Crippen molar-refractivity contribution in [2.75, 3.05) is 0 Å². The average Bonchev–Trinajstić information content (AvgIpc) is 2.63. The number of aromatic amines is 1. The van der Waals surface area contributed by atoms with Crippen LogP contribution in [-0.4, -0.2) is 14.8 Å². The molecule has 0 saturated heterocycles. The predicted octanol–water partition coefficient (Wildman–Crippen LogP) is 1.15. The van der Waals surface area contributed by atoms with E-state index >= 15 is 0 Å². The zero-order valence-electron chi connectivity index (χ0n) is 7.37. The molecule has 0 aliphatic rings. The lowest BCUT2D eigenvalue weighted by Crippen LogP contribution is -2.12. The second-order valence-electron chi connectivity index (χ2n) is 2.81. The highest BCUT2D eigenvalue weighted by Gasteiger charge is 2.12. The molecule has 0 amide bonds. The fourth-order valence-electron chi connectivity index (χ4n) is 1.29. The van der Waals surface area contributed by atoms with Crippen molar-refractivity contribution in [1.82, 2.24) is 14.8 Å². The summed E-state index contributed by atoms with van der Waals surface area (Å²) in [5, 5.41) is 5.57. The maximum Gasteiger partial charge on any atom is 0.276 e. The summed E-state index contributed by atoms with van der Waals surface area (Å²) in [7, 11) is 1.70. The molecule has 5 heteroatoms. The Morgan fingerprint density at radius 3 is 2.85 bits per heavy atom. The molecule has 2 aromatic heterocycles. The third-order valence-corrected chi connectivity index (χ3v) is 2.67. The summed E-state index contributed by atoms with van der Waals surface area (Å²) in [5.41, 5.74) is 1.52. The quantitative estimate of drug-likeness (QED) is 0.742. The van der Waals surface area contributed by atoms with Gasteiger partial charge in [0.2, 0.25) is 0 Å². The van der Waals surface area contributed by atoms with Gasteiger partial charge in [-0.25, -0.2) is 4.98 Å². The van der Waals surface area contributed by atoms with E-state index < -0.39 is 0 Å². The highest BCUT2D eigenvalue weighted by Crippen LogP contribution is 2.20. The van der Waals surface area contributed by atoms with Crippen LogP contribution in [0.4, 0.5) is 0 Å². The topological polar surface area (TPSA) is 50.7 Å². The van der Waals surface area contributed by atoms with Gasteiger partial charge in [0.05, 0.1) is 5.56 Å². The molecule has 0 unspecified atom stereocenters. The van der Waals surface area contributed by atoms with Crippen molar-refractivity contribution in [3.63, 3.8) is 0 Å². The first kappa shape index (κ1) is 8.25. The van der Waals surface area contributed by atoms with Crippen LogP contribution in [-0.2, 0) is 7.05 Å². The number of nitrogens with one attached hydrogen (secondary N) is 1. The van der Waals surface area contributed by atoms with E-state index in [1.807, 2.05) is 12.3 Å². The van der Waals surface area contributed by atoms with Crippen molar-refractivity contribution in [2.24, 2.45) is 7.05 Å². The summed E-state index contributed by atoms with van der Waals surface area (Å²) in [6, 6.07) is 0. The van der Waals surface area contributed by atoms with Crippen LogP contribution in [0.2, 0.25) is 0 Å². The summed E-state index contributed by atoms with van der Waals surface area (Å²) in [6.07, 6.45) is 1.70. The molecule has 68 valence electrons. The van der Waals surface area contributed by atoms with Crippen LogP contribution >= 0.6 is 11.3 Å². The number of rotatable bonds is 1. The fourth-order valence-corrected chi connectivity index (χ4v) is 2.02. The van der Waals surface area contributed by atoms with E-state index in [1.54, 1.807) is 13.2 Å². The maximum absolute atomic E-state index is 11.6. The number of hydrogen-bond donors (Lipinski definition) is 1. The molecule has 0 saturated carbocycles. The van der Waals surface area contributed by atoms with Crippen LogP contribution in [0.15, 0.2) is 16.4 Å². The zero-order chi connectivity index (χ0) is 9.42. The first-order chi connectivity index (χ1) is 6.20. The van der Waals surface area contributed by atoms with E-state index in [4.69, 9.17) is 0 Å². The smallest absolute Gasteiger partial charge is 0.276 e. The molecule has 0 atom stereocenters. The molecule has 2 heterocycles. The highest BCUT2D eigenvalue weighted by molar-refractivity contribution is 7.13. The van der Waals surface area contributed by atoms with Gasteiger partial charge >= 0.3 is 0 Å². The van der Waals surface area contributed by atoms with E-state index in [0.717, 1.165) is 10.7 Å². The van der Waals surface area contributed by atoms with Crippen LogP contribution in [0, 0.1) is 6.92 Å². The van der Waals surface area contributed by atoms with Gasteiger partial charge in [-0.2, -0.15) is 0 Å². The summed E-state index contributed by atoms with van der Waals surface area (Å²) < 4.78 is 1.46. The summed E-state index contributed by atoms with van der Waals surface area (Å²) in [5.74, 6) is 0. The van der Waals surface area contributed by atoms with Crippen molar-refractivity contribution in [3.05, 3.63) is 27.6 Å². The minimum absolute atomic E-state index is 0.0209. The lowest BCUT2D eigenvalue weighted by Gasteiger charge is -1.88. The predicted molar refractivity (Wildman–Crippen MR) is 51.9 cm³/mol. The van der Waals surface area contributed by atoms with Crippen molar-refractivity contribution >= 4 is 11.3 Å². The molecular formula is C8H9N3OS. The Morgan fingerprint density at radius 1 is 1.62 bits per heavy atom. The second kappa shape index (κ2) is 2.85. The second-order valence-corrected chi connectivity index (χ2v) is 3.71. The van der Waals surface area contributed by atoms with Gasteiger partial charge in [0, 0.05) is 24.3 Å². The maximum atomic E-state index is 11.6. The molecule has 0 aliphatic heterocycles. The highest BCUT2D eigenvalue weighted by atomic mass is 32.1. The molecule has 0 spiro atoms. The van der Waals surface area contributed by atoms with Crippen molar-refractivity contribution in [2.45, 2.75) is 6.92 Å². The van der Waals surface area contributed by atoms with Crippen LogP contribution in [0.25, 0.3) is 10.6 Å². The van der Waals surface area contributed by atoms with Gasteiger partial charge in [0.25, 0.3) is 5.56 Å². The number of thiazole rings is 1. The van der Waals surface area contributed by atoms with E-state index in [1.165, 1.54) is 16.0 Å². The molecule has 13 heavy (non-hydrogen) atoms. The van der Waals surface area contributed by atoms with Gasteiger partial charge in [-0.1, -0.05) is 0 Å². The van der Waals surface area contributed by atoms with Crippen LogP contribution in [0.3, 0.4) is 0 Å². The first-order valence-corrected chi connectivity index (χ1v) is 4.73. The van der Waals surface area contributed by atoms with E-state index in [2.05, 4.69) is 10.1 Å². The van der Waals surface area contributed by atoms with E-state index in [-0.39, 0.29) is 5.56 Å². The van der Waals surface area contributed by atoms with E-state index in [0.29, 0.717) is 5.56 Å². The van der Waals surface area contributed by atoms with Crippen molar-refractivity contribution in [3.8, 4) is 10.6 Å². The van der Waals surface area contributed by atoms with Crippen LogP contribution in [0.1, 0.15) is 5.69 Å². The molecule has 0 aromatic carbocycles. The standard InChI is InChI=1S/C8H9N3OS/c1-5-6(7-9-3-4-13-7)8(12)11(2)10-5/h3-4,10H,1-2H3. The lowest BCUT2D eigenvalue weighted by molar-refractivity contribution is 0.731. The zero-order valence-corrected chi connectivity index (χ0v) is 8.18. The normalized spacial score (nSPS) is 10.6. The van der Waals surface area contributed by atoms with Gasteiger partial charge in [-0.15, -0.1) is 11.3 Å². The van der Waals surface area contributed by atoms with Gasteiger partial charge in [-0.3, -0.25) is 14.6 Å². The van der Waals surface area contributed by atoms with E-state index in [9.17, 15) is 4.79 Å². The average molecular weight is 195 g/mol. The molecule has 2 aromatic rings. The number of aryl methyl sites for hydroxylation is 2. The first-order valence-electron chi connectivity index (χ1n) is 3.85. The lowest BCUT2D eigenvalue weighted by atomic mass is 10.3. The Labute approximate surface area is 78.8 Å². The molecule has 0 radical (unpaired) electrons.